The van der Waals surface area contributed by atoms with Crippen molar-refractivity contribution in [3.05, 3.63) is 28.7 Å². The van der Waals surface area contributed by atoms with Crippen LogP contribution in [0.1, 0.15) is 6.92 Å². The molecule has 98 valence electrons. The Kier molecular flexibility index (Phi) is 3.24. The van der Waals surface area contributed by atoms with E-state index in [1.54, 1.807) is 14.0 Å². The lowest BCUT2D eigenvalue weighted by Gasteiger charge is -2.05. The molecule has 0 aliphatic heterocycles. The molecule has 0 atom stereocenters. The summed E-state index contributed by atoms with van der Waals surface area (Å²) in [5, 5.41) is 0. The number of benzene rings is 1. The monoisotopic (exact) mass is 272 g/mol. The molecule has 0 radical (unpaired) electrons. The fraction of sp³-hybridized carbons (Fsp3) is 0.300. The topological polar surface area (TPSA) is 90.5 Å². The molecule has 0 spiro atoms. The maximum absolute atomic E-state index is 11.8. The standard InChI is InChI=1S/C10H12N2O5S/c1-3-16-11-18(14,15)7-4-5-8-9(6-7)17-10(13)12(8)2/h4-6,11H,3H2,1-2H3. The van der Waals surface area contributed by atoms with E-state index in [4.69, 9.17) is 4.42 Å². The van der Waals surface area contributed by atoms with Gasteiger partial charge in [0.2, 0.25) is 0 Å². The minimum atomic E-state index is -3.76. The number of hydrogen-bond acceptors (Lipinski definition) is 5. The molecule has 1 aromatic carbocycles. The third-order valence-corrected chi connectivity index (χ3v) is 3.60. The fourth-order valence-corrected chi connectivity index (χ4v) is 2.34. The molecular weight excluding hydrogens is 260 g/mol. The van der Waals surface area contributed by atoms with Gasteiger partial charge in [0.15, 0.2) is 5.58 Å². The predicted octanol–water partition coefficient (Wildman–Crippen LogP) is 0.361. The number of hydrogen-bond donors (Lipinski definition) is 1. The van der Waals surface area contributed by atoms with Crippen molar-refractivity contribution in [2.24, 2.45) is 7.05 Å². The van der Waals surface area contributed by atoms with Gasteiger partial charge < -0.3 is 4.42 Å². The number of rotatable bonds is 4. The van der Waals surface area contributed by atoms with Crippen LogP contribution in [-0.4, -0.2) is 19.6 Å². The average molecular weight is 272 g/mol. The fourth-order valence-electron chi connectivity index (χ4n) is 1.47. The average Bonchev–Trinajstić information content (AvgIpc) is 2.62. The van der Waals surface area contributed by atoms with Gasteiger partial charge in [0.25, 0.3) is 10.0 Å². The second kappa shape index (κ2) is 4.56. The number of sulfonamides is 1. The molecule has 1 N–H and O–H groups in total. The first kappa shape index (κ1) is 12.8. The van der Waals surface area contributed by atoms with Crippen molar-refractivity contribution in [3.63, 3.8) is 0 Å². The molecule has 0 bridgehead atoms. The van der Waals surface area contributed by atoms with E-state index in [0.29, 0.717) is 5.52 Å². The van der Waals surface area contributed by atoms with Crippen molar-refractivity contribution >= 4 is 21.1 Å². The van der Waals surface area contributed by atoms with Crippen LogP contribution in [0.2, 0.25) is 0 Å². The first-order valence-corrected chi connectivity index (χ1v) is 6.67. The number of fused-ring (bicyclic) bond motifs is 1. The molecule has 1 aromatic heterocycles. The van der Waals surface area contributed by atoms with Crippen LogP contribution in [0, 0.1) is 0 Å². The van der Waals surface area contributed by atoms with Gasteiger partial charge in [-0.1, -0.05) is 4.89 Å². The van der Waals surface area contributed by atoms with E-state index in [0.717, 1.165) is 0 Å². The highest BCUT2D eigenvalue weighted by Gasteiger charge is 2.16. The van der Waals surface area contributed by atoms with Crippen LogP contribution in [0.3, 0.4) is 0 Å². The van der Waals surface area contributed by atoms with E-state index in [1.807, 2.05) is 4.89 Å². The van der Waals surface area contributed by atoms with Crippen molar-refractivity contribution in [2.75, 3.05) is 6.61 Å². The first-order chi connectivity index (χ1) is 8.45. The van der Waals surface area contributed by atoms with E-state index in [9.17, 15) is 13.2 Å². The van der Waals surface area contributed by atoms with Gasteiger partial charge in [-0.3, -0.25) is 9.40 Å². The summed E-state index contributed by atoms with van der Waals surface area (Å²) in [5.41, 5.74) is 0.734. The van der Waals surface area contributed by atoms with Crippen molar-refractivity contribution in [1.82, 2.24) is 9.45 Å². The normalized spacial score (nSPS) is 12.1. The number of oxazole rings is 1. The number of nitrogens with one attached hydrogen (secondary N) is 1. The maximum Gasteiger partial charge on any atom is 0.419 e. The molecule has 0 aliphatic rings. The Morgan fingerprint density at radius 3 is 2.83 bits per heavy atom. The predicted molar refractivity (Wildman–Crippen MR) is 63.4 cm³/mol. The van der Waals surface area contributed by atoms with Crippen LogP contribution in [-0.2, 0) is 21.9 Å². The highest BCUT2D eigenvalue weighted by molar-refractivity contribution is 7.89. The van der Waals surface area contributed by atoms with E-state index in [-0.39, 0.29) is 17.1 Å². The Balaban J connectivity index is 2.51. The zero-order valence-corrected chi connectivity index (χ0v) is 10.7. The van der Waals surface area contributed by atoms with Crippen LogP contribution < -0.4 is 10.6 Å². The van der Waals surface area contributed by atoms with Crippen molar-refractivity contribution in [1.29, 1.82) is 0 Å². The quantitative estimate of drug-likeness (QED) is 0.812. The molecule has 0 fully saturated rings. The van der Waals surface area contributed by atoms with Gasteiger partial charge in [-0.2, -0.15) is 0 Å². The smallest absolute Gasteiger partial charge is 0.408 e. The zero-order chi connectivity index (χ0) is 13.3. The summed E-state index contributed by atoms with van der Waals surface area (Å²) in [4.78, 5) is 17.9. The Labute approximate surface area is 103 Å². The summed E-state index contributed by atoms with van der Waals surface area (Å²) < 4.78 is 29.7. The van der Waals surface area contributed by atoms with Gasteiger partial charge in [-0.05, 0) is 19.1 Å². The van der Waals surface area contributed by atoms with Crippen molar-refractivity contribution < 1.29 is 17.7 Å². The number of nitrogens with zero attached hydrogens (tertiary/aromatic N) is 1. The molecule has 0 unspecified atom stereocenters. The molecule has 7 nitrogen and oxygen atoms in total. The minimum absolute atomic E-state index is 0.0298. The third-order valence-electron chi connectivity index (χ3n) is 2.39. The Morgan fingerprint density at radius 2 is 2.17 bits per heavy atom. The van der Waals surface area contributed by atoms with Gasteiger partial charge in [-0.15, -0.1) is 0 Å². The zero-order valence-electron chi connectivity index (χ0n) is 9.84. The number of aryl methyl sites for hydroxylation is 1. The van der Waals surface area contributed by atoms with Gasteiger partial charge in [0.1, 0.15) is 0 Å². The second-order valence-electron chi connectivity index (χ2n) is 3.58. The van der Waals surface area contributed by atoms with Gasteiger partial charge in [-0.25, -0.2) is 13.2 Å². The first-order valence-electron chi connectivity index (χ1n) is 5.19. The number of aromatic nitrogens is 1. The summed E-state index contributed by atoms with van der Waals surface area (Å²) in [6.45, 7) is 1.86. The van der Waals surface area contributed by atoms with Gasteiger partial charge in [0.05, 0.1) is 17.0 Å². The van der Waals surface area contributed by atoms with E-state index in [2.05, 4.69) is 4.84 Å². The molecule has 1 heterocycles. The second-order valence-corrected chi connectivity index (χ2v) is 5.22. The Hall–Kier alpha value is -1.64. The van der Waals surface area contributed by atoms with Crippen LogP contribution in [0.5, 0.6) is 0 Å². The SMILES string of the molecule is CCONS(=O)(=O)c1ccc2c(c1)oc(=O)n2C. The van der Waals surface area contributed by atoms with E-state index < -0.39 is 15.8 Å². The minimum Gasteiger partial charge on any atom is -0.408 e. The molecule has 2 rings (SSSR count). The lowest BCUT2D eigenvalue weighted by Crippen LogP contribution is -2.23. The molecule has 0 aliphatic carbocycles. The summed E-state index contributed by atoms with van der Waals surface area (Å²) >= 11 is 0. The largest absolute Gasteiger partial charge is 0.419 e. The Morgan fingerprint density at radius 1 is 1.44 bits per heavy atom. The maximum atomic E-state index is 11.8. The summed E-state index contributed by atoms with van der Waals surface area (Å²) in [6.07, 6.45) is 0. The lowest BCUT2D eigenvalue weighted by molar-refractivity contribution is 0.105. The molecule has 8 heteroatoms. The molecular formula is C10H12N2O5S. The molecule has 2 aromatic rings. The van der Waals surface area contributed by atoms with E-state index >= 15 is 0 Å². The molecule has 0 saturated carbocycles. The lowest BCUT2D eigenvalue weighted by atomic mass is 10.3. The van der Waals surface area contributed by atoms with Crippen molar-refractivity contribution in [3.8, 4) is 0 Å². The molecule has 0 amide bonds. The van der Waals surface area contributed by atoms with Crippen molar-refractivity contribution in [2.45, 2.75) is 11.8 Å². The van der Waals surface area contributed by atoms with Crippen LogP contribution >= 0.6 is 0 Å². The summed E-state index contributed by atoms with van der Waals surface area (Å²) in [5.74, 6) is -0.544. The molecule has 0 saturated heterocycles. The third kappa shape index (κ3) is 2.17. The summed E-state index contributed by atoms with van der Waals surface area (Å²) in [7, 11) is -2.22. The van der Waals surface area contributed by atoms with E-state index in [1.165, 1.54) is 22.8 Å². The van der Waals surface area contributed by atoms with Gasteiger partial charge >= 0.3 is 5.76 Å². The van der Waals surface area contributed by atoms with Gasteiger partial charge in [0, 0.05) is 13.1 Å². The van der Waals surface area contributed by atoms with Crippen LogP contribution in [0.15, 0.2) is 32.3 Å². The highest BCUT2D eigenvalue weighted by Crippen LogP contribution is 2.17. The highest BCUT2D eigenvalue weighted by atomic mass is 32.2. The van der Waals surface area contributed by atoms with Crippen LogP contribution in [0.25, 0.3) is 11.1 Å². The Bertz CT molecular complexity index is 728. The van der Waals surface area contributed by atoms with Crippen LogP contribution in [0.4, 0.5) is 0 Å². The molecule has 18 heavy (non-hydrogen) atoms. The summed E-state index contributed by atoms with van der Waals surface area (Å²) in [6, 6.07) is 4.15.